The molecule has 0 aliphatic carbocycles. The number of aryl methyl sites for hydroxylation is 2. The molecule has 1 aromatic heterocycles. The van der Waals surface area contributed by atoms with Crippen molar-refractivity contribution < 1.29 is 4.74 Å². The highest BCUT2D eigenvalue weighted by molar-refractivity contribution is 5.69. The minimum absolute atomic E-state index is 0.693. The molecule has 5 heteroatoms. The standard InChI is InChI=1S/C17H18N4O/c1-11-7-12(2)17(22-3)15(8-11)16-10-21(20-19-16)14-6-4-5-13(18)9-14/h4-10H,18H2,1-3H3. The van der Waals surface area contributed by atoms with Gasteiger partial charge in [-0.3, -0.25) is 0 Å². The van der Waals surface area contributed by atoms with Crippen molar-refractivity contribution in [2.75, 3.05) is 12.8 Å². The summed E-state index contributed by atoms with van der Waals surface area (Å²) in [6.45, 7) is 4.08. The second-order valence-corrected chi connectivity index (χ2v) is 5.31. The Kier molecular flexibility index (Phi) is 3.55. The van der Waals surface area contributed by atoms with Gasteiger partial charge in [-0.25, -0.2) is 4.68 Å². The Balaban J connectivity index is 2.08. The fourth-order valence-corrected chi connectivity index (χ4v) is 2.60. The van der Waals surface area contributed by atoms with Crippen molar-refractivity contribution in [1.29, 1.82) is 0 Å². The molecule has 0 radical (unpaired) electrons. The number of benzene rings is 2. The lowest BCUT2D eigenvalue weighted by Crippen LogP contribution is -1.96. The molecule has 0 aliphatic rings. The molecular weight excluding hydrogens is 276 g/mol. The van der Waals surface area contributed by atoms with Crippen LogP contribution in [0.2, 0.25) is 0 Å². The van der Waals surface area contributed by atoms with Crippen molar-refractivity contribution in [1.82, 2.24) is 15.0 Å². The van der Waals surface area contributed by atoms with E-state index in [1.165, 1.54) is 0 Å². The third-order valence-corrected chi connectivity index (χ3v) is 3.53. The zero-order chi connectivity index (χ0) is 15.7. The fourth-order valence-electron chi connectivity index (χ4n) is 2.60. The van der Waals surface area contributed by atoms with Crippen LogP contribution in [0.4, 0.5) is 5.69 Å². The topological polar surface area (TPSA) is 66.0 Å². The van der Waals surface area contributed by atoms with E-state index in [9.17, 15) is 0 Å². The van der Waals surface area contributed by atoms with Crippen LogP contribution in [0.5, 0.6) is 5.75 Å². The summed E-state index contributed by atoms with van der Waals surface area (Å²) in [7, 11) is 1.67. The molecule has 3 aromatic rings. The number of nitrogen functional groups attached to an aromatic ring is 1. The molecular formula is C17H18N4O. The minimum atomic E-state index is 0.693. The Morgan fingerprint density at radius 2 is 1.95 bits per heavy atom. The predicted octanol–water partition coefficient (Wildman–Crippen LogP) is 3.14. The van der Waals surface area contributed by atoms with Gasteiger partial charge in [-0.2, -0.15) is 0 Å². The number of methoxy groups -OCH3 is 1. The molecule has 1 heterocycles. The maximum Gasteiger partial charge on any atom is 0.131 e. The van der Waals surface area contributed by atoms with Gasteiger partial charge in [0, 0.05) is 11.3 Å². The van der Waals surface area contributed by atoms with E-state index < -0.39 is 0 Å². The number of aromatic nitrogens is 3. The second-order valence-electron chi connectivity index (χ2n) is 5.31. The van der Waals surface area contributed by atoms with Gasteiger partial charge in [-0.15, -0.1) is 5.10 Å². The molecule has 0 fully saturated rings. The van der Waals surface area contributed by atoms with Crippen molar-refractivity contribution in [2.45, 2.75) is 13.8 Å². The number of nitrogens with two attached hydrogens (primary N) is 1. The average Bonchev–Trinajstić information content (AvgIpc) is 2.96. The lowest BCUT2D eigenvalue weighted by Gasteiger charge is -2.10. The Morgan fingerprint density at radius 3 is 2.68 bits per heavy atom. The first-order valence-electron chi connectivity index (χ1n) is 7.02. The van der Waals surface area contributed by atoms with E-state index in [-0.39, 0.29) is 0 Å². The van der Waals surface area contributed by atoms with Crippen LogP contribution in [0.15, 0.2) is 42.6 Å². The molecule has 0 saturated carbocycles. The monoisotopic (exact) mass is 294 g/mol. The van der Waals surface area contributed by atoms with Crippen LogP contribution in [0.25, 0.3) is 16.9 Å². The van der Waals surface area contributed by atoms with Gasteiger partial charge in [-0.05, 0) is 49.2 Å². The molecule has 3 rings (SSSR count). The second kappa shape index (κ2) is 5.52. The van der Waals surface area contributed by atoms with Gasteiger partial charge < -0.3 is 10.5 Å². The van der Waals surface area contributed by atoms with E-state index >= 15 is 0 Å². The minimum Gasteiger partial charge on any atom is -0.496 e. The van der Waals surface area contributed by atoms with Crippen molar-refractivity contribution >= 4 is 5.69 Å². The zero-order valence-corrected chi connectivity index (χ0v) is 12.9. The fraction of sp³-hybridized carbons (Fsp3) is 0.176. The maximum atomic E-state index is 5.82. The van der Waals surface area contributed by atoms with Gasteiger partial charge in [0.15, 0.2) is 0 Å². The molecule has 22 heavy (non-hydrogen) atoms. The highest BCUT2D eigenvalue weighted by Gasteiger charge is 2.13. The Hall–Kier alpha value is -2.82. The van der Waals surface area contributed by atoms with Crippen molar-refractivity contribution in [3.05, 3.63) is 53.7 Å². The van der Waals surface area contributed by atoms with Gasteiger partial charge in [0.25, 0.3) is 0 Å². The molecule has 0 spiro atoms. The van der Waals surface area contributed by atoms with E-state index in [4.69, 9.17) is 10.5 Å². The predicted molar refractivity (Wildman–Crippen MR) is 87.2 cm³/mol. The Morgan fingerprint density at radius 1 is 1.14 bits per heavy atom. The van der Waals surface area contributed by atoms with Crippen LogP contribution in [0, 0.1) is 13.8 Å². The van der Waals surface area contributed by atoms with Gasteiger partial charge in [0.1, 0.15) is 11.4 Å². The van der Waals surface area contributed by atoms with Crippen molar-refractivity contribution in [3.63, 3.8) is 0 Å². The molecule has 0 aliphatic heterocycles. The van der Waals surface area contributed by atoms with E-state index in [0.29, 0.717) is 5.69 Å². The summed E-state index contributed by atoms with van der Waals surface area (Å²) in [5.41, 5.74) is 11.3. The third kappa shape index (κ3) is 2.53. The molecule has 2 N–H and O–H groups in total. The summed E-state index contributed by atoms with van der Waals surface area (Å²) in [6.07, 6.45) is 1.88. The number of anilines is 1. The number of ether oxygens (including phenoxy) is 1. The third-order valence-electron chi connectivity index (χ3n) is 3.53. The Bertz CT molecular complexity index is 823. The number of rotatable bonds is 3. The highest BCUT2D eigenvalue weighted by Crippen LogP contribution is 2.33. The summed E-state index contributed by atoms with van der Waals surface area (Å²) in [5.74, 6) is 0.824. The molecule has 0 bridgehead atoms. The lowest BCUT2D eigenvalue weighted by atomic mass is 10.0. The molecule has 0 amide bonds. The normalized spacial score (nSPS) is 10.7. The van der Waals surface area contributed by atoms with E-state index in [1.807, 2.05) is 37.4 Å². The summed E-state index contributed by atoms with van der Waals surface area (Å²) in [4.78, 5) is 0. The van der Waals surface area contributed by atoms with E-state index in [2.05, 4.69) is 29.4 Å². The maximum absolute atomic E-state index is 5.82. The van der Waals surface area contributed by atoms with Crippen LogP contribution in [-0.4, -0.2) is 22.1 Å². The molecule has 0 unspecified atom stereocenters. The highest BCUT2D eigenvalue weighted by atomic mass is 16.5. The van der Waals surface area contributed by atoms with E-state index in [0.717, 1.165) is 33.8 Å². The molecule has 0 saturated heterocycles. The van der Waals surface area contributed by atoms with Crippen LogP contribution in [0.1, 0.15) is 11.1 Å². The van der Waals surface area contributed by atoms with Crippen LogP contribution in [0.3, 0.4) is 0 Å². The molecule has 112 valence electrons. The van der Waals surface area contributed by atoms with Gasteiger partial charge in [-0.1, -0.05) is 17.3 Å². The molecule has 5 nitrogen and oxygen atoms in total. The lowest BCUT2D eigenvalue weighted by molar-refractivity contribution is 0.413. The number of nitrogens with zero attached hydrogens (tertiary/aromatic N) is 3. The first kappa shape index (κ1) is 14.1. The molecule has 2 aromatic carbocycles. The molecule has 0 atom stereocenters. The van der Waals surface area contributed by atoms with Gasteiger partial charge in [0.05, 0.1) is 19.0 Å². The van der Waals surface area contributed by atoms with Crippen LogP contribution >= 0.6 is 0 Å². The first-order valence-corrected chi connectivity index (χ1v) is 7.02. The van der Waals surface area contributed by atoms with Crippen molar-refractivity contribution in [2.24, 2.45) is 0 Å². The van der Waals surface area contributed by atoms with Gasteiger partial charge >= 0.3 is 0 Å². The quantitative estimate of drug-likeness (QED) is 0.754. The van der Waals surface area contributed by atoms with Crippen LogP contribution in [-0.2, 0) is 0 Å². The van der Waals surface area contributed by atoms with E-state index in [1.54, 1.807) is 11.8 Å². The summed E-state index contributed by atoms with van der Waals surface area (Å²) in [5, 5.41) is 8.47. The van der Waals surface area contributed by atoms with Crippen LogP contribution < -0.4 is 10.5 Å². The summed E-state index contributed by atoms with van der Waals surface area (Å²) < 4.78 is 7.23. The first-order chi connectivity index (χ1) is 10.6. The Labute approximate surface area is 129 Å². The summed E-state index contributed by atoms with van der Waals surface area (Å²) in [6, 6.07) is 11.7. The zero-order valence-electron chi connectivity index (χ0n) is 12.9. The largest absolute Gasteiger partial charge is 0.496 e. The van der Waals surface area contributed by atoms with Gasteiger partial charge in [0.2, 0.25) is 0 Å². The van der Waals surface area contributed by atoms with Crippen molar-refractivity contribution in [3.8, 4) is 22.7 Å². The number of hydrogen-bond acceptors (Lipinski definition) is 4. The smallest absolute Gasteiger partial charge is 0.131 e. The number of hydrogen-bond donors (Lipinski definition) is 1. The summed E-state index contributed by atoms with van der Waals surface area (Å²) >= 11 is 0. The SMILES string of the molecule is COc1c(C)cc(C)cc1-c1cn(-c2cccc(N)c2)nn1. The average molecular weight is 294 g/mol.